The van der Waals surface area contributed by atoms with Crippen LogP contribution in [0.1, 0.15) is 6.92 Å². The van der Waals surface area contributed by atoms with Gasteiger partial charge in [-0.1, -0.05) is 60.7 Å². The number of hydrogen-bond acceptors (Lipinski definition) is 3. The van der Waals surface area contributed by atoms with E-state index in [1.807, 2.05) is 67.6 Å². The third-order valence-electron chi connectivity index (χ3n) is 2.96. The van der Waals surface area contributed by atoms with Gasteiger partial charge in [-0.3, -0.25) is 0 Å². The van der Waals surface area contributed by atoms with E-state index in [1.165, 1.54) is 0 Å². The van der Waals surface area contributed by atoms with Crippen LogP contribution in [0.15, 0.2) is 65.1 Å². The Bertz CT molecular complexity index is 618. The molecule has 0 aliphatic heterocycles. The normalized spacial score (nSPS) is 10.4. The standard InChI is InChI=1S/C17H15NO2/c1-2-19-17-18-15(13-9-5-3-6-10-13)16(20-17)14-11-7-4-8-12-14/h3-12H,2H2,1H3. The van der Waals surface area contributed by atoms with Crippen LogP contribution < -0.4 is 4.74 Å². The molecule has 0 unspecified atom stereocenters. The Morgan fingerprint density at radius 1 is 0.900 bits per heavy atom. The SMILES string of the molecule is CCOc1nc(-c2ccccc2)c(-c2ccccc2)o1. The molecule has 0 atom stereocenters. The quantitative estimate of drug-likeness (QED) is 0.701. The Morgan fingerprint density at radius 2 is 1.50 bits per heavy atom. The minimum Gasteiger partial charge on any atom is -0.450 e. The summed E-state index contributed by atoms with van der Waals surface area (Å²) in [6, 6.07) is 19.9. The molecule has 0 fully saturated rings. The summed E-state index contributed by atoms with van der Waals surface area (Å²) in [5.74, 6) is 0.736. The van der Waals surface area contributed by atoms with Crippen molar-refractivity contribution >= 4 is 0 Å². The lowest BCUT2D eigenvalue weighted by molar-refractivity contribution is 0.247. The lowest BCUT2D eigenvalue weighted by atomic mass is 10.1. The van der Waals surface area contributed by atoms with Crippen LogP contribution >= 0.6 is 0 Å². The van der Waals surface area contributed by atoms with Gasteiger partial charge in [0, 0.05) is 11.1 Å². The van der Waals surface area contributed by atoms with Gasteiger partial charge in [-0.15, -0.1) is 0 Å². The average Bonchev–Trinajstić information content (AvgIpc) is 2.93. The van der Waals surface area contributed by atoms with E-state index in [4.69, 9.17) is 9.15 Å². The minimum absolute atomic E-state index is 0.310. The number of benzene rings is 2. The van der Waals surface area contributed by atoms with Crippen molar-refractivity contribution in [2.24, 2.45) is 0 Å². The van der Waals surface area contributed by atoms with Gasteiger partial charge in [0.05, 0.1) is 6.61 Å². The molecule has 1 heterocycles. The van der Waals surface area contributed by atoms with Gasteiger partial charge in [-0.25, -0.2) is 0 Å². The van der Waals surface area contributed by atoms with E-state index >= 15 is 0 Å². The third-order valence-corrected chi connectivity index (χ3v) is 2.96. The maximum absolute atomic E-state index is 5.76. The van der Waals surface area contributed by atoms with Crippen LogP contribution in [0, 0.1) is 0 Å². The van der Waals surface area contributed by atoms with Crippen LogP contribution in [0.3, 0.4) is 0 Å². The summed E-state index contributed by atoms with van der Waals surface area (Å²) in [4.78, 5) is 4.46. The molecule has 20 heavy (non-hydrogen) atoms. The molecule has 1 aromatic heterocycles. The fraction of sp³-hybridized carbons (Fsp3) is 0.118. The largest absolute Gasteiger partial charge is 0.450 e. The molecule has 0 bridgehead atoms. The molecule has 3 heteroatoms. The number of nitrogens with zero attached hydrogens (tertiary/aromatic N) is 1. The Hall–Kier alpha value is -2.55. The van der Waals surface area contributed by atoms with Crippen LogP contribution in [0.2, 0.25) is 0 Å². The summed E-state index contributed by atoms with van der Waals surface area (Å²) in [5.41, 5.74) is 2.81. The second kappa shape index (κ2) is 5.61. The van der Waals surface area contributed by atoms with Crippen molar-refractivity contribution in [1.82, 2.24) is 4.98 Å². The van der Waals surface area contributed by atoms with Crippen LogP contribution in [-0.2, 0) is 0 Å². The van der Waals surface area contributed by atoms with Gasteiger partial charge in [-0.2, -0.15) is 4.98 Å². The van der Waals surface area contributed by atoms with Crippen molar-refractivity contribution in [1.29, 1.82) is 0 Å². The predicted molar refractivity (Wildman–Crippen MR) is 78.5 cm³/mol. The fourth-order valence-corrected chi connectivity index (χ4v) is 2.06. The van der Waals surface area contributed by atoms with Crippen molar-refractivity contribution < 1.29 is 9.15 Å². The third kappa shape index (κ3) is 2.43. The van der Waals surface area contributed by atoms with Crippen LogP contribution in [-0.4, -0.2) is 11.6 Å². The first-order valence-corrected chi connectivity index (χ1v) is 6.63. The minimum atomic E-state index is 0.310. The number of oxazole rings is 1. The first-order valence-electron chi connectivity index (χ1n) is 6.63. The number of aromatic nitrogens is 1. The van der Waals surface area contributed by atoms with Crippen molar-refractivity contribution in [2.45, 2.75) is 6.92 Å². The summed E-state index contributed by atoms with van der Waals surface area (Å²) < 4.78 is 11.2. The smallest absolute Gasteiger partial charge is 0.394 e. The molecule has 0 N–H and O–H groups in total. The van der Waals surface area contributed by atoms with Crippen LogP contribution in [0.25, 0.3) is 22.6 Å². The van der Waals surface area contributed by atoms with Gasteiger partial charge < -0.3 is 9.15 Å². The highest BCUT2D eigenvalue weighted by molar-refractivity contribution is 5.77. The van der Waals surface area contributed by atoms with Crippen molar-refractivity contribution in [3.05, 3.63) is 60.7 Å². The van der Waals surface area contributed by atoms with Gasteiger partial charge in [0.2, 0.25) is 0 Å². The van der Waals surface area contributed by atoms with Gasteiger partial charge in [0.15, 0.2) is 5.76 Å². The zero-order valence-corrected chi connectivity index (χ0v) is 11.2. The van der Waals surface area contributed by atoms with E-state index < -0.39 is 0 Å². The molecule has 0 saturated heterocycles. The van der Waals surface area contributed by atoms with Crippen molar-refractivity contribution in [3.8, 4) is 28.7 Å². The molecule has 3 nitrogen and oxygen atoms in total. The molecule has 0 amide bonds. The molecule has 2 aromatic carbocycles. The Labute approximate surface area is 117 Å². The average molecular weight is 265 g/mol. The Kier molecular flexibility index (Phi) is 3.50. The zero-order chi connectivity index (χ0) is 13.8. The highest BCUT2D eigenvalue weighted by Crippen LogP contribution is 2.34. The Morgan fingerprint density at radius 3 is 2.10 bits per heavy atom. The summed E-state index contributed by atoms with van der Waals surface area (Å²) in [7, 11) is 0. The van der Waals surface area contributed by atoms with Crippen LogP contribution in [0.4, 0.5) is 0 Å². The highest BCUT2D eigenvalue weighted by Gasteiger charge is 2.17. The van der Waals surface area contributed by atoms with Crippen LogP contribution in [0.5, 0.6) is 6.08 Å². The molecule has 0 saturated carbocycles. The number of ether oxygens (including phenoxy) is 1. The van der Waals surface area contributed by atoms with E-state index in [1.54, 1.807) is 0 Å². The molecular formula is C17H15NO2. The summed E-state index contributed by atoms with van der Waals surface area (Å²) in [6.45, 7) is 2.44. The van der Waals surface area contributed by atoms with Gasteiger partial charge >= 0.3 is 6.08 Å². The monoisotopic (exact) mass is 265 g/mol. The van der Waals surface area contributed by atoms with Gasteiger partial charge in [-0.05, 0) is 6.92 Å². The lowest BCUT2D eigenvalue weighted by Gasteiger charge is -2.00. The highest BCUT2D eigenvalue weighted by atomic mass is 16.6. The molecule has 3 rings (SSSR count). The topological polar surface area (TPSA) is 35.3 Å². The molecular weight excluding hydrogens is 250 g/mol. The summed E-state index contributed by atoms with van der Waals surface area (Å²) in [5, 5.41) is 0. The molecule has 3 aromatic rings. The molecule has 100 valence electrons. The molecule has 0 radical (unpaired) electrons. The predicted octanol–water partition coefficient (Wildman–Crippen LogP) is 4.41. The molecule has 0 spiro atoms. The Balaban J connectivity index is 2.13. The van der Waals surface area contributed by atoms with Gasteiger partial charge in [0.25, 0.3) is 0 Å². The zero-order valence-electron chi connectivity index (χ0n) is 11.2. The summed E-state index contributed by atoms with van der Waals surface area (Å²) in [6.07, 6.45) is 0.310. The van der Waals surface area contributed by atoms with E-state index in [0.29, 0.717) is 12.7 Å². The molecule has 0 aliphatic carbocycles. The second-order valence-corrected chi connectivity index (χ2v) is 4.32. The van der Waals surface area contributed by atoms with Crippen molar-refractivity contribution in [3.63, 3.8) is 0 Å². The molecule has 0 aliphatic rings. The first kappa shape index (κ1) is 12.5. The lowest BCUT2D eigenvalue weighted by Crippen LogP contribution is -1.90. The van der Waals surface area contributed by atoms with Gasteiger partial charge in [0.1, 0.15) is 5.69 Å². The number of hydrogen-bond donors (Lipinski definition) is 0. The van der Waals surface area contributed by atoms with E-state index in [0.717, 1.165) is 22.6 Å². The van der Waals surface area contributed by atoms with E-state index in [2.05, 4.69) is 4.98 Å². The fourth-order valence-electron chi connectivity index (χ4n) is 2.06. The second-order valence-electron chi connectivity index (χ2n) is 4.32. The first-order chi connectivity index (χ1) is 9.88. The maximum Gasteiger partial charge on any atom is 0.394 e. The summed E-state index contributed by atoms with van der Waals surface area (Å²) >= 11 is 0. The number of rotatable bonds is 4. The van der Waals surface area contributed by atoms with Crippen molar-refractivity contribution in [2.75, 3.05) is 6.61 Å². The van der Waals surface area contributed by atoms with E-state index in [9.17, 15) is 0 Å². The van der Waals surface area contributed by atoms with E-state index in [-0.39, 0.29) is 0 Å². The maximum atomic E-state index is 5.76.